The molecule has 0 radical (unpaired) electrons. The lowest BCUT2D eigenvalue weighted by atomic mass is 9.97. The summed E-state index contributed by atoms with van der Waals surface area (Å²) in [6, 6.07) is 7.70. The number of amides is 1. The summed E-state index contributed by atoms with van der Waals surface area (Å²) >= 11 is 0. The first kappa shape index (κ1) is 22.7. The molecule has 1 heterocycles. The molecular formula is C19H32IN5O. The molecule has 2 rings (SSSR count). The second-order valence-electron chi connectivity index (χ2n) is 6.95. The largest absolute Gasteiger partial charge is 0.356 e. The lowest BCUT2D eigenvalue weighted by Gasteiger charge is -2.29. The molecule has 26 heavy (non-hydrogen) atoms. The SMILES string of the molecule is CN=C(NCc1ccc(C(=O)N(C)C)cc1)NCC1CCN(C)CC1.I. The van der Waals surface area contributed by atoms with Crippen LogP contribution in [0.15, 0.2) is 29.3 Å². The van der Waals surface area contributed by atoms with Crippen molar-refractivity contribution in [2.45, 2.75) is 19.4 Å². The Labute approximate surface area is 174 Å². The molecule has 1 aromatic carbocycles. The highest BCUT2D eigenvalue weighted by Gasteiger charge is 2.16. The van der Waals surface area contributed by atoms with E-state index >= 15 is 0 Å². The molecule has 0 bridgehead atoms. The Hall–Kier alpha value is -1.35. The summed E-state index contributed by atoms with van der Waals surface area (Å²) in [6.07, 6.45) is 2.48. The molecule has 0 aromatic heterocycles. The van der Waals surface area contributed by atoms with Gasteiger partial charge in [-0.15, -0.1) is 24.0 Å². The highest BCUT2D eigenvalue weighted by molar-refractivity contribution is 14.0. The standard InChI is InChI=1S/C19H31N5O.HI/c1-20-19(22-14-16-9-11-24(4)12-10-16)21-13-15-5-7-17(8-6-15)18(25)23(2)3;/h5-8,16H,9-14H2,1-4H3,(H2,20,21,22);1H. The first-order valence-corrected chi connectivity index (χ1v) is 8.93. The van der Waals surface area contributed by atoms with Gasteiger partial charge in [0.25, 0.3) is 5.91 Å². The minimum absolute atomic E-state index is 0. The first-order valence-electron chi connectivity index (χ1n) is 8.93. The number of guanidine groups is 1. The van der Waals surface area contributed by atoms with Crippen LogP contribution < -0.4 is 10.6 Å². The summed E-state index contributed by atoms with van der Waals surface area (Å²) in [5, 5.41) is 6.77. The van der Waals surface area contributed by atoms with Crippen molar-refractivity contribution in [3.8, 4) is 0 Å². The summed E-state index contributed by atoms with van der Waals surface area (Å²) in [5.41, 5.74) is 1.83. The molecule has 1 aliphatic rings. The molecule has 0 atom stereocenters. The average molecular weight is 473 g/mol. The highest BCUT2D eigenvalue weighted by atomic mass is 127. The molecule has 6 nitrogen and oxygen atoms in total. The van der Waals surface area contributed by atoms with E-state index in [2.05, 4.69) is 27.6 Å². The van der Waals surface area contributed by atoms with Gasteiger partial charge in [-0.2, -0.15) is 0 Å². The van der Waals surface area contributed by atoms with E-state index in [4.69, 9.17) is 0 Å². The molecule has 2 N–H and O–H groups in total. The van der Waals surface area contributed by atoms with E-state index in [1.165, 1.54) is 25.9 Å². The van der Waals surface area contributed by atoms with Crippen molar-refractivity contribution in [3.63, 3.8) is 0 Å². The van der Waals surface area contributed by atoms with Crippen molar-refractivity contribution in [2.75, 3.05) is 47.8 Å². The third kappa shape index (κ3) is 7.11. The summed E-state index contributed by atoms with van der Waals surface area (Å²) in [4.78, 5) is 20.2. The van der Waals surface area contributed by atoms with Crippen molar-refractivity contribution < 1.29 is 4.79 Å². The third-order valence-corrected chi connectivity index (χ3v) is 4.69. The number of hydrogen-bond acceptors (Lipinski definition) is 3. The van der Waals surface area contributed by atoms with Crippen LogP contribution in [0.25, 0.3) is 0 Å². The molecule has 1 amide bonds. The van der Waals surface area contributed by atoms with Gasteiger partial charge in [-0.3, -0.25) is 9.79 Å². The van der Waals surface area contributed by atoms with Crippen LogP contribution in [0.5, 0.6) is 0 Å². The molecule has 1 fully saturated rings. The van der Waals surface area contributed by atoms with E-state index in [1.807, 2.05) is 24.3 Å². The summed E-state index contributed by atoms with van der Waals surface area (Å²) in [7, 11) is 7.50. The predicted molar refractivity (Wildman–Crippen MR) is 118 cm³/mol. The van der Waals surface area contributed by atoms with Gasteiger partial charge in [0.05, 0.1) is 0 Å². The van der Waals surface area contributed by atoms with E-state index in [9.17, 15) is 4.79 Å². The number of aliphatic imine (C=N–C) groups is 1. The van der Waals surface area contributed by atoms with Crippen molar-refractivity contribution >= 4 is 35.8 Å². The Balaban J connectivity index is 0.00000338. The van der Waals surface area contributed by atoms with E-state index in [-0.39, 0.29) is 29.9 Å². The monoisotopic (exact) mass is 473 g/mol. The van der Waals surface area contributed by atoms with Gasteiger partial charge in [-0.05, 0) is 56.6 Å². The van der Waals surface area contributed by atoms with Crippen LogP contribution in [0.2, 0.25) is 0 Å². The van der Waals surface area contributed by atoms with Crippen molar-refractivity contribution in [2.24, 2.45) is 10.9 Å². The second-order valence-corrected chi connectivity index (χ2v) is 6.95. The zero-order valence-electron chi connectivity index (χ0n) is 16.3. The molecule has 1 aromatic rings. The lowest BCUT2D eigenvalue weighted by Crippen LogP contribution is -2.42. The van der Waals surface area contributed by atoms with Gasteiger partial charge in [0.15, 0.2) is 5.96 Å². The fourth-order valence-electron chi connectivity index (χ4n) is 2.94. The van der Waals surface area contributed by atoms with Crippen molar-refractivity contribution in [3.05, 3.63) is 35.4 Å². The molecule has 1 aliphatic heterocycles. The summed E-state index contributed by atoms with van der Waals surface area (Å²) < 4.78 is 0. The number of benzene rings is 1. The smallest absolute Gasteiger partial charge is 0.253 e. The lowest BCUT2D eigenvalue weighted by molar-refractivity contribution is 0.0827. The van der Waals surface area contributed by atoms with Crippen LogP contribution in [-0.4, -0.2) is 69.5 Å². The quantitative estimate of drug-likeness (QED) is 0.391. The fraction of sp³-hybridized carbons (Fsp3) is 0.579. The molecule has 0 unspecified atom stereocenters. The topological polar surface area (TPSA) is 60.0 Å². The predicted octanol–water partition coefficient (Wildman–Crippen LogP) is 2.01. The summed E-state index contributed by atoms with van der Waals surface area (Å²) in [5.74, 6) is 1.56. The fourth-order valence-corrected chi connectivity index (χ4v) is 2.94. The molecule has 0 aliphatic carbocycles. The molecule has 0 saturated carbocycles. The molecule has 0 spiro atoms. The van der Waals surface area contributed by atoms with Crippen molar-refractivity contribution in [1.82, 2.24) is 20.4 Å². The number of carbonyl (C=O) groups excluding carboxylic acids is 1. The van der Waals surface area contributed by atoms with E-state index in [0.717, 1.165) is 18.1 Å². The molecular weight excluding hydrogens is 441 g/mol. The molecule has 146 valence electrons. The summed E-state index contributed by atoms with van der Waals surface area (Å²) in [6.45, 7) is 4.00. The number of hydrogen-bond donors (Lipinski definition) is 2. The van der Waals surface area contributed by atoms with Gasteiger partial charge in [0, 0.05) is 39.8 Å². The molecule has 1 saturated heterocycles. The number of rotatable bonds is 5. The number of nitrogens with one attached hydrogen (secondary N) is 2. The zero-order valence-corrected chi connectivity index (χ0v) is 18.6. The van der Waals surface area contributed by atoms with Gasteiger partial charge in [-0.1, -0.05) is 12.1 Å². The number of halogens is 1. The Morgan fingerprint density at radius 3 is 2.35 bits per heavy atom. The Morgan fingerprint density at radius 2 is 1.81 bits per heavy atom. The minimum Gasteiger partial charge on any atom is -0.356 e. The van der Waals surface area contributed by atoms with Gasteiger partial charge in [0.2, 0.25) is 0 Å². The van der Waals surface area contributed by atoms with Crippen molar-refractivity contribution in [1.29, 1.82) is 0 Å². The Bertz CT molecular complexity index is 580. The molecule has 7 heteroatoms. The number of nitrogens with zero attached hydrogens (tertiary/aromatic N) is 3. The van der Waals surface area contributed by atoms with Crippen LogP contribution in [0.4, 0.5) is 0 Å². The van der Waals surface area contributed by atoms with Crippen LogP contribution in [-0.2, 0) is 6.54 Å². The van der Waals surface area contributed by atoms with Crippen LogP contribution in [0.3, 0.4) is 0 Å². The minimum atomic E-state index is 0. The van der Waals surface area contributed by atoms with Gasteiger partial charge < -0.3 is 20.4 Å². The number of likely N-dealkylation sites (tertiary alicyclic amines) is 1. The highest BCUT2D eigenvalue weighted by Crippen LogP contribution is 2.14. The third-order valence-electron chi connectivity index (χ3n) is 4.69. The number of carbonyl (C=O) groups is 1. The van der Waals surface area contributed by atoms with E-state index < -0.39 is 0 Å². The second kappa shape index (κ2) is 11.4. The zero-order chi connectivity index (χ0) is 18.2. The van der Waals surface area contributed by atoms with E-state index in [1.54, 1.807) is 26.0 Å². The maximum atomic E-state index is 11.9. The Morgan fingerprint density at radius 1 is 1.19 bits per heavy atom. The maximum Gasteiger partial charge on any atom is 0.253 e. The maximum absolute atomic E-state index is 11.9. The normalized spacial score (nSPS) is 15.9. The number of piperidine rings is 1. The van der Waals surface area contributed by atoms with Crippen LogP contribution in [0.1, 0.15) is 28.8 Å². The van der Waals surface area contributed by atoms with Crippen LogP contribution in [0, 0.1) is 5.92 Å². The Kier molecular flexibility index (Phi) is 9.93. The van der Waals surface area contributed by atoms with E-state index in [0.29, 0.717) is 18.0 Å². The van der Waals surface area contributed by atoms with Gasteiger partial charge in [-0.25, -0.2) is 0 Å². The van der Waals surface area contributed by atoms with Crippen LogP contribution >= 0.6 is 24.0 Å². The van der Waals surface area contributed by atoms with Gasteiger partial charge >= 0.3 is 0 Å². The first-order chi connectivity index (χ1) is 12.0. The van der Waals surface area contributed by atoms with Gasteiger partial charge in [0.1, 0.15) is 0 Å². The average Bonchev–Trinajstić information content (AvgIpc) is 2.63.